The minimum atomic E-state index is 1.08. The molecule has 1 nitrogen and oxygen atoms in total. The van der Waals surface area contributed by atoms with Gasteiger partial charge in [0.1, 0.15) is 0 Å². The molecule has 0 spiro atoms. The van der Waals surface area contributed by atoms with E-state index in [4.69, 9.17) is 0 Å². The highest BCUT2D eigenvalue weighted by Gasteiger charge is 1.94. The number of rotatable bonds is 1. The van der Waals surface area contributed by atoms with Gasteiger partial charge in [0.2, 0.25) is 0 Å². The van der Waals surface area contributed by atoms with Gasteiger partial charge in [-0.15, -0.1) is 6.58 Å². The second-order valence-corrected chi connectivity index (χ2v) is 1.99. The molecule has 0 aromatic carbocycles. The van der Waals surface area contributed by atoms with Gasteiger partial charge in [-0.1, -0.05) is 46.4 Å². The molecule has 1 N–H and O–H groups in total. The summed E-state index contributed by atoms with van der Waals surface area (Å²) in [5, 5.41) is 3.15. The zero-order chi connectivity index (χ0) is 11.8. The Morgan fingerprint density at radius 1 is 1.21 bits per heavy atom. The molecule has 1 heteroatoms. The van der Waals surface area contributed by atoms with Crippen LogP contribution in [0.25, 0.3) is 0 Å². The van der Waals surface area contributed by atoms with Crippen LogP contribution in [0.4, 0.5) is 0 Å². The number of nitrogens with one attached hydrogen (secondary N) is 1. The van der Waals surface area contributed by atoms with E-state index in [0.29, 0.717) is 0 Å². The van der Waals surface area contributed by atoms with Gasteiger partial charge in [-0.3, -0.25) is 0 Å². The number of hydrogen-bond donors (Lipinski definition) is 1. The van der Waals surface area contributed by atoms with Crippen LogP contribution in [0.1, 0.15) is 41.0 Å². The molecular formula is C13H27N. The smallest absolute Gasteiger partial charge is 0.0294 e. The van der Waals surface area contributed by atoms with Gasteiger partial charge in [0.25, 0.3) is 0 Å². The SMILES string of the molecule is C=CC.C=CC1=CCCN1.CC.CC. The lowest BCUT2D eigenvalue weighted by Crippen LogP contribution is -2.04. The van der Waals surface area contributed by atoms with Crippen LogP contribution in [0.15, 0.2) is 37.1 Å². The molecule has 0 unspecified atom stereocenters. The molecule has 0 amide bonds. The standard InChI is InChI=1S/C6H9N.C3H6.2C2H6/c1-2-6-4-3-5-7-6;1-3-2;2*1-2/h2,4,7H,1,3,5H2;3H,1H2,2H3;2*1-2H3. The Hall–Kier alpha value is -0.980. The zero-order valence-electron chi connectivity index (χ0n) is 10.6. The number of hydrogen-bond acceptors (Lipinski definition) is 1. The summed E-state index contributed by atoms with van der Waals surface area (Å²) in [6.07, 6.45) is 6.89. The lowest BCUT2D eigenvalue weighted by molar-refractivity contribution is 0.893. The minimum Gasteiger partial charge on any atom is -0.385 e. The van der Waals surface area contributed by atoms with Gasteiger partial charge in [-0.05, 0) is 19.4 Å². The van der Waals surface area contributed by atoms with Crippen molar-refractivity contribution >= 4 is 0 Å². The third-order valence-electron chi connectivity index (χ3n) is 1.06. The largest absolute Gasteiger partial charge is 0.385 e. The molecule has 0 aromatic heterocycles. The molecule has 0 fully saturated rings. The van der Waals surface area contributed by atoms with Gasteiger partial charge in [-0.2, -0.15) is 0 Å². The third kappa shape index (κ3) is 17.2. The second kappa shape index (κ2) is 22.7. The molecule has 14 heavy (non-hydrogen) atoms. The fourth-order valence-corrected chi connectivity index (χ4v) is 0.672. The average molecular weight is 197 g/mol. The molecule has 1 aliphatic heterocycles. The number of allylic oxidation sites excluding steroid dienone is 2. The van der Waals surface area contributed by atoms with E-state index in [1.807, 2.05) is 40.7 Å². The first-order chi connectivity index (χ1) is 6.85. The fraction of sp³-hybridized carbons (Fsp3) is 0.538. The maximum absolute atomic E-state index is 3.61. The highest BCUT2D eigenvalue weighted by atomic mass is 14.9. The molecule has 1 aliphatic rings. The van der Waals surface area contributed by atoms with E-state index in [9.17, 15) is 0 Å². The first-order valence-corrected chi connectivity index (χ1v) is 5.48. The predicted molar refractivity (Wildman–Crippen MR) is 69.5 cm³/mol. The van der Waals surface area contributed by atoms with E-state index in [1.165, 1.54) is 5.70 Å². The monoisotopic (exact) mass is 197 g/mol. The second-order valence-electron chi connectivity index (χ2n) is 1.99. The molecule has 0 saturated carbocycles. The molecule has 0 atom stereocenters. The van der Waals surface area contributed by atoms with Gasteiger partial charge in [-0.25, -0.2) is 0 Å². The Balaban J connectivity index is -0.000000148. The van der Waals surface area contributed by atoms with E-state index < -0.39 is 0 Å². The van der Waals surface area contributed by atoms with Gasteiger partial charge in [0.15, 0.2) is 0 Å². The third-order valence-corrected chi connectivity index (χ3v) is 1.06. The summed E-state index contributed by atoms with van der Waals surface area (Å²) in [6.45, 7) is 17.9. The Kier molecular flexibility index (Phi) is 30.4. The zero-order valence-corrected chi connectivity index (χ0v) is 10.6. The molecule has 84 valence electrons. The van der Waals surface area contributed by atoms with Gasteiger partial charge >= 0.3 is 0 Å². The Labute approximate surface area is 90.6 Å². The maximum atomic E-state index is 3.61. The van der Waals surface area contributed by atoms with Crippen LogP contribution in [0, 0.1) is 0 Å². The van der Waals surface area contributed by atoms with E-state index in [2.05, 4.69) is 24.6 Å². The van der Waals surface area contributed by atoms with Crippen molar-refractivity contribution in [2.75, 3.05) is 6.54 Å². The topological polar surface area (TPSA) is 12.0 Å². The van der Waals surface area contributed by atoms with Gasteiger partial charge < -0.3 is 5.32 Å². The molecule has 1 rings (SSSR count). The van der Waals surface area contributed by atoms with Crippen LogP contribution < -0.4 is 5.32 Å². The van der Waals surface area contributed by atoms with Gasteiger partial charge in [0, 0.05) is 12.2 Å². The Morgan fingerprint density at radius 3 is 1.79 bits per heavy atom. The minimum absolute atomic E-state index is 1.08. The van der Waals surface area contributed by atoms with E-state index in [-0.39, 0.29) is 0 Å². The van der Waals surface area contributed by atoms with E-state index in [0.717, 1.165) is 13.0 Å². The lowest BCUT2D eigenvalue weighted by atomic mass is 10.4. The summed E-state index contributed by atoms with van der Waals surface area (Å²) in [4.78, 5) is 0. The summed E-state index contributed by atoms with van der Waals surface area (Å²) in [5.74, 6) is 0. The van der Waals surface area contributed by atoms with Crippen molar-refractivity contribution in [3.05, 3.63) is 37.1 Å². The van der Waals surface area contributed by atoms with Gasteiger partial charge in [0.05, 0.1) is 0 Å². The van der Waals surface area contributed by atoms with Crippen LogP contribution in [0.2, 0.25) is 0 Å². The van der Waals surface area contributed by atoms with Crippen LogP contribution in [-0.2, 0) is 0 Å². The molecule has 0 aromatic rings. The summed E-state index contributed by atoms with van der Waals surface area (Å²) in [7, 11) is 0. The van der Waals surface area contributed by atoms with Crippen molar-refractivity contribution in [2.24, 2.45) is 0 Å². The van der Waals surface area contributed by atoms with Crippen LogP contribution in [0.3, 0.4) is 0 Å². The molecule has 0 bridgehead atoms. The van der Waals surface area contributed by atoms with Crippen molar-refractivity contribution in [2.45, 2.75) is 41.0 Å². The van der Waals surface area contributed by atoms with Crippen LogP contribution in [-0.4, -0.2) is 6.54 Å². The lowest BCUT2D eigenvalue weighted by Gasteiger charge is -1.90. The predicted octanol–water partition coefficient (Wildman–Crippen LogP) is 4.29. The molecule has 0 aliphatic carbocycles. The Bertz CT molecular complexity index is 134. The molecular weight excluding hydrogens is 170 g/mol. The Morgan fingerprint density at radius 2 is 1.64 bits per heavy atom. The van der Waals surface area contributed by atoms with Crippen molar-refractivity contribution in [3.63, 3.8) is 0 Å². The first kappa shape index (κ1) is 18.7. The highest BCUT2D eigenvalue weighted by molar-refractivity contribution is 5.17. The summed E-state index contributed by atoms with van der Waals surface area (Å²) in [5.41, 5.74) is 1.18. The maximum Gasteiger partial charge on any atom is 0.0294 e. The van der Waals surface area contributed by atoms with Crippen molar-refractivity contribution in [1.29, 1.82) is 0 Å². The average Bonchev–Trinajstić information content (AvgIpc) is 2.77. The molecule has 0 saturated heterocycles. The van der Waals surface area contributed by atoms with Crippen molar-refractivity contribution in [1.82, 2.24) is 5.32 Å². The summed E-state index contributed by atoms with van der Waals surface area (Å²) >= 11 is 0. The van der Waals surface area contributed by atoms with Crippen LogP contribution in [0.5, 0.6) is 0 Å². The quantitative estimate of drug-likeness (QED) is 0.618. The molecule has 1 heterocycles. The first-order valence-electron chi connectivity index (χ1n) is 5.48. The van der Waals surface area contributed by atoms with Crippen molar-refractivity contribution < 1.29 is 0 Å². The normalized spacial score (nSPS) is 10.8. The van der Waals surface area contributed by atoms with Crippen LogP contribution >= 0.6 is 0 Å². The van der Waals surface area contributed by atoms with E-state index in [1.54, 1.807) is 6.08 Å². The van der Waals surface area contributed by atoms with E-state index >= 15 is 0 Å². The summed E-state index contributed by atoms with van der Waals surface area (Å²) < 4.78 is 0. The summed E-state index contributed by atoms with van der Waals surface area (Å²) in [6, 6.07) is 0. The van der Waals surface area contributed by atoms with Crippen molar-refractivity contribution in [3.8, 4) is 0 Å². The highest BCUT2D eigenvalue weighted by Crippen LogP contribution is 1.99. The molecule has 0 radical (unpaired) electrons. The fourth-order valence-electron chi connectivity index (χ4n) is 0.672.